The Kier molecular flexibility index (Phi) is 7.86. The summed E-state index contributed by atoms with van der Waals surface area (Å²) in [6, 6.07) is 15.6. The van der Waals surface area contributed by atoms with Crippen LogP contribution in [0.4, 0.5) is 0 Å². The fourth-order valence-electron chi connectivity index (χ4n) is 3.30. The number of nitriles is 1. The molecule has 0 radical (unpaired) electrons. The molecule has 0 amide bonds. The van der Waals surface area contributed by atoms with Gasteiger partial charge in [0.05, 0.1) is 17.2 Å². The van der Waals surface area contributed by atoms with Crippen molar-refractivity contribution in [2.24, 2.45) is 5.92 Å². The van der Waals surface area contributed by atoms with E-state index in [4.69, 9.17) is 19.3 Å². The molecule has 2 aromatic rings. The van der Waals surface area contributed by atoms with Gasteiger partial charge in [0.15, 0.2) is 0 Å². The smallest absolute Gasteiger partial charge is 0.423 e. The maximum atomic E-state index is 12.3. The van der Waals surface area contributed by atoms with E-state index < -0.39 is 5.97 Å². The summed E-state index contributed by atoms with van der Waals surface area (Å²) in [6.45, 7) is 3.63. The van der Waals surface area contributed by atoms with Crippen LogP contribution in [0.3, 0.4) is 0 Å². The summed E-state index contributed by atoms with van der Waals surface area (Å²) in [6.07, 6.45) is 6.18. The molecule has 0 aliphatic carbocycles. The highest BCUT2D eigenvalue weighted by Gasteiger charge is 2.29. The van der Waals surface area contributed by atoms with Crippen LogP contribution in [0.1, 0.15) is 54.9 Å². The number of nitrogens with zero attached hydrogens (tertiary/aromatic N) is 1. The summed E-state index contributed by atoms with van der Waals surface area (Å²) >= 11 is 0. The first-order chi connectivity index (χ1) is 14.2. The maximum absolute atomic E-state index is 12.3. The summed E-state index contributed by atoms with van der Waals surface area (Å²) in [4.78, 5) is 12.3. The molecule has 0 bridgehead atoms. The molecule has 0 saturated carbocycles. The van der Waals surface area contributed by atoms with Crippen molar-refractivity contribution in [1.29, 1.82) is 5.26 Å². The van der Waals surface area contributed by atoms with Crippen molar-refractivity contribution in [2.45, 2.75) is 39.0 Å². The summed E-state index contributed by atoms with van der Waals surface area (Å²) in [7, 11) is -0.384. The average molecular weight is 391 g/mol. The molecule has 1 aliphatic heterocycles. The molecule has 1 aliphatic rings. The monoisotopic (exact) mass is 391 g/mol. The Morgan fingerprint density at radius 1 is 1.07 bits per heavy atom. The molecule has 0 atom stereocenters. The molecule has 6 heteroatoms. The van der Waals surface area contributed by atoms with Gasteiger partial charge in [0.2, 0.25) is 0 Å². The predicted molar refractivity (Wildman–Crippen MR) is 112 cm³/mol. The van der Waals surface area contributed by atoms with Gasteiger partial charge in [-0.25, -0.2) is 4.79 Å². The van der Waals surface area contributed by atoms with Crippen molar-refractivity contribution in [2.75, 3.05) is 13.2 Å². The minimum absolute atomic E-state index is 0.384. The second-order valence-electron chi connectivity index (χ2n) is 7.36. The van der Waals surface area contributed by atoms with Crippen molar-refractivity contribution >= 4 is 18.6 Å². The van der Waals surface area contributed by atoms with Crippen molar-refractivity contribution in [3.05, 3.63) is 59.7 Å². The first kappa shape index (κ1) is 21.1. The van der Waals surface area contributed by atoms with Crippen LogP contribution in [0.15, 0.2) is 48.5 Å². The van der Waals surface area contributed by atoms with E-state index in [9.17, 15) is 4.79 Å². The number of carbonyl (C=O) groups is 1. The molecule has 29 heavy (non-hydrogen) atoms. The molecule has 150 valence electrons. The number of benzene rings is 2. The number of hydrogen-bond acceptors (Lipinski definition) is 5. The van der Waals surface area contributed by atoms with Crippen LogP contribution in [0.25, 0.3) is 0 Å². The highest BCUT2D eigenvalue weighted by atomic mass is 16.6. The van der Waals surface area contributed by atoms with Crippen molar-refractivity contribution in [3.8, 4) is 11.8 Å². The first-order valence-electron chi connectivity index (χ1n) is 10.2. The third-order valence-electron chi connectivity index (χ3n) is 5.05. The molecule has 0 unspecified atom stereocenters. The van der Waals surface area contributed by atoms with Crippen LogP contribution in [-0.2, 0) is 9.31 Å². The number of hydrogen-bond donors (Lipinski definition) is 0. The molecule has 0 spiro atoms. The summed E-state index contributed by atoms with van der Waals surface area (Å²) in [5.74, 6) is 0.422. The van der Waals surface area contributed by atoms with Crippen molar-refractivity contribution < 1.29 is 18.8 Å². The van der Waals surface area contributed by atoms with Crippen molar-refractivity contribution in [1.82, 2.24) is 0 Å². The van der Waals surface area contributed by atoms with E-state index >= 15 is 0 Å². The molecule has 1 heterocycles. The zero-order valence-corrected chi connectivity index (χ0v) is 16.8. The van der Waals surface area contributed by atoms with Gasteiger partial charge in [0.1, 0.15) is 5.75 Å². The van der Waals surface area contributed by atoms with Gasteiger partial charge in [-0.15, -0.1) is 0 Å². The van der Waals surface area contributed by atoms with E-state index in [0.717, 1.165) is 11.9 Å². The highest BCUT2D eigenvalue weighted by Crippen LogP contribution is 2.17. The average Bonchev–Trinajstić information content (AvgIpc) is 2.78. The number of esters is 1. The SMILES string of the molecule is CCCCCCC1COB(c2ccc(C(=O)Oc3ccc(C#N)cc3)cc2)OC1. The van der Waals surface area contributed by atoms with Gasteiger partial charge < -0.3 is 14.0 Å². The quantitative estimate of drug-likeness (QED) is 0.293. The maximum Gasteiger partial charge on any atom is 0.493 e. The molecule has 3 rings (SSSR count). The zero-order valence-electron chi connectivity index (χ0n) is 16.8. The Morgan fingerprint density at radius 3 is 2.38 bits per heavy atom. The van der Waals surface area contributed by atoms with E-state index in [1.165, 1.54) is 25.7 Å². The van der Waals surface area contributed by atoms with Crippen LogP contribution in [0, 0.1) is 17.2 Å². The van der Waals surface area contributed by atoms with Gasteiger partial charge in [0.25, 0.3) is 0 Å². The number of unbranched alkanes of at least 4 members (excludes halogenated alkanes) is 3. The summed E-state index contributed by atoms with van der Waals surface area (Å²) < 4.78 is 17.1. The fraction of sp³-hybridized carbons (Fsp3) is 0.391. The van der Waals surface area contributed by atoms with E-state index in [1.54, 1.807) is 36.4 Å². The fourth-order valence-corrected chi connectivity index (χ4v) is 3.30. The minimum atomic E-state index is -0.445. The Morgan fingerprint density at radius 2 is 1.76 bits per heavy atom. The van der Waals surface area contributed by atoms with Gasteiger partial charge in [-0.2, -0.15) is 5.26 Å². The molecule has 0 aromatic heterocycles. The number of ether oxygens (including phenoxy) is 1. The molecular weight excluding hydrogens is 365 g/mol. The largest absolute Gasteiger partial charge is 0.493 e. The summed E-state index contributed by atoms with van der Waals surface area (Å²) in [5.41, 5.74) is 1.86. The van der Waals surface area contributed by atoms with Crippen LogP contribution >= 0.6 is 0 Å². The van der Waals surface area contributed by atoms with Gasteiger partial charge in [-0.1, -0.05) is 44.7 Å². The van der Waals surface area contributed by atoms with Crippen LogP contribution in [-0.4, -0.2) is 26.3 Å². The van der Waals surface area contributed by atoms with Crippen molar-refractivity contribution in [3.63, 3.8) is 0 Å². The second-order valence-corrected chi connectivity index (χ2v) is 7.36. The molecular formula is C23H26BNO4. The Hall–Kier alpha value is -2.62. The molecule has 2 aromatic carbocycles. The summed E-state index contributed by atoms with van der Waals surface area (Å²) in [5, 5.41) is 8.82. The Labute approximate surface area is 172 Å². The van der Waals surface area contributed by atoms with Crippen LogP contribution < -0.4 is 10.2 Å². The topological polar surface area (TPSA) is 68.5 Å². The molecule has 0 N–H and O–H groups in total. The third-order valence-corrected chi connectivity index (χ3v) is 5.05. The Bertz CT molecular complexity index is 821. The second kappa shape index (κ2) is 10.8. The number of rotatable bonds is 8. The normalized spacial score (nSPS) is 14.4. The van der Waals surface area contributed by atoms with E-state index in [0.29, 0.717) is 36.0 Å². The standard InChI is InChI=1S/C23H26BNO4/c1-2-3-4-5-6-19-16-27-24(28-17-19)21-11-9-20(10-12-21)23(26)29-22-13-7-18(15-25)8-14-22/h7-14,19H,2-6,16-17H2,1H3. The van der Waals surface area contributed by atoms with Crippen LogP contribution in [0.2, 0.25) is 0 Å². The third kappa shape index (κ3) is 6.18. The van der Waals surface area contributed by atoms with Gasteiger partial charge >= 0.3 is 13.1 Å². The lowest BCUT2D eigenvalue weighted by Crippen LogP contribution is -2.44. The minimum Gasteiger partial charge on any atom is -0.423 e. The van der Waals surface area contributed by atoms with Gasteiger partial charge in [0, 0.05) is 19.1 Å². The zero-order chi connectivity index (χ0) is 20.5. The number of carbonyl (C=O) groups excluding carboxylic acids is 1. The molecule has 5 nitrogen and oxygen atoms in total. The molecule has 1 saturated heterocycles. The lowest BCUT2D eigenvalue weighted by molar-refractivity contribution is 0.0734. The van der Waals surface area contributed by atoms with Crippen LogP contribution in [0.5, 0.6) is 5.75 Å². The van der Waals surface area contributed by atoms with E-state index in [1.807, 2.05) is 18.2 Å². The van der Waals surface area contributed by atoms with E-state index in [-0.39, 0.29) is 7.12 Å². The van der Waals surface area contributed by atoms with E-state index in [2.05, 4.69) is 6.92 Å². The lowest BCUT2D eigenvalue weighted by atomic mass is 9.77. The lowest BCUT2D eigenvalue weighted by Gasteiger charge is -2.27. The highest BCUT2D eigenvalue weighted by molar-refractivity contribution is 6.61. The molecule has 1 fully saturated rings. The Balaban J connectivity index is 1.48. The predicted octanol–water partition coefficient (Wildman–Crippen LogP) is 4.11. The van der Waals surface area contributed by atoms with Gasteiger partial charge in [-0.3, -0.25) is 0 Å². The first-order valence-corrected chi connectivity index (χ1v) is 10.2. The van der Waals surface area contributed by atoms with Gasteiger partial charge in [-0.05, 0) is 48.3 Å².